The summed E-state index contributed by atoms with van der Waals surface area (Å²) in [4.78, 5) is 47.3. The van der Waals surface area contributed by atoms with Crippen molar-refractivity contribution in [3.05, 3.63) is 33.8 Å². The highest BCUT2D eigenvalue weighted by molar-refractivity contribution is 6.36. The molecule has 0 heterocycles. The zero-order valence-corrected chi connectivity index (χ0v) is 18.5. The van der Waals surface area contributed by atoms with Gasteiger partial charge in [0.15, 0.2) is 0 Å². The van der Waals surface area contributed by atoms with Gasteiger partial charge in [0.2, 0.25) is 23.7 Å². The Kier molecular flexibility index (Phi) is 10.4. The molecule has 31 heavy (non-hydrogen) atoms. The van der Waals surface area contributed by atoms with E-state index < -0.39 is 41.7 Å². The largest absolute Gasteiger partial charge is 0.480 e. The second kappa shape index (κ2) is 12.2. The third-order valence-corrected chi connectivity index (χ3v) is 4.93. The van der Waals surface area contributed by atoms with E-state index in [1.807, 2.05) is 0 Å². The first-order valence-corrected chi connectivity index (χ1v) is 10.1. The van der Waals surface area contributed by atoms with Gasteiger partial charge in [-0.2, -0.15) is 0 Å². The Morgan fingerprint density at radius 1 is 1.10 bits per heavy atom. The van der Waals surface area contributed by atoms with E-state index in [0.29, 0.717) is 5.56 Å². The minimum absolute atomic E-state index is 0.192. The third-order valence-electron chi connectivity index (χ3n) is 4.22. The Hall–Kier alpha value is -2.69. The third kappa shape index (κ3) is 8.91. The maximum Gasteiger partial charge on any atom is 0.326 e. The SMILES string of the molecule is CC(C)[C@@H](N)C(=O)N[C@@H](CCC(=O)NC(=N)NC(=O)Cc1c(Cl)cccc1Cl)C(=O)O. The first-order valence-electron chi connectivity index (χ1n) is 9.32. The van der Waals surface area contributed by atoms with Crippen molar-refractivity contribution in [3.8, 4) is 0 Å². The summed E-state index contributed by atoms with van der Waals surface area (Å²) in [6, 6.07) is 2.54. The Morgan fingerprint density at radius 2 is 1.65 bits per heavy atom. The number of hydrogen-bond donors (Lipinski definition) is 6. The van der Waals surface area contributed by atoms with Crippen LogP contribution in [0.25, 0.3) is 0 Å². The van der Waals surface area contributed by atoms with Crippen molar-refractivity contribution in [2.75, 3.05) is 0 Å². The maximum atomic E-state index is 12.0. The molecule has 0 fully saturated rings. The molecule has 0 aliphatic carbocycles. The fourth-order valence-corrected chi connectivity index (χ4v) is 2.91. The summed E-state index contributed by atoms with van der Waals surface area (Å²) in [5, 5.41) is 24.1. The number of benzene rings is 1. The number of carbonyl (C=O) groups is 4. The zero-order chi connectivity index (χ0) is 23.7. The van der Waals surface area contributed by atoms with Crippen LogP contribution >= 0.6 is 23.2 Å². The summed E-state index contributed by atoms with van der Waals surface area (Å²) in [6.07, 6.45) is -0.753. The molecule has 170 valence electrons. The summed E-state index contributed by atoms with van der Waals surface area (Å²) in [6.45, 7) is 3.43. The van der Waals surface area contributed by atoms with Crippen molar-refractivity contribution in [1.82, 2.24) is 16.0 Å². The second-order valence-electron chi connectivity index (χ2n) is 7.06. The van der Waals surface area contributed by atoms with Crippen molar-refractivity contribution < 1.29 is 24.3 Å². The van der Waals surface area contributed by atoms with Crippen LogP contribution in [0.2, 0.25) is 10.0 Å². The second-order valence-corrected chi connectivity index (χ2v) is 7.87. The molecule has 0 aliphatic rings. The van der Waals surface area contributed by atoms with Gasteiger partial charge in [-0.3, -0.25) is 30.4 Å². The molecule has 1 rings (SSSR count). The van der Waals surface area contributed by atoms with E-state index in [9.17, 15) is 24.3 Å². The van der Waals surface area contributed by atoms with Crippen molar-refractivity contribution in [2.24, 2.45) is 11.7 Å². The number of carbonyl (C=O) groups excluding carboxylic acids is 3. The predicted octanol–water partition coefficient (Wildman–Crippen LogP) is 1.04. The Balaban J connectivity index is 2.53. The van der Waals surface area contributed by atoms with Crippen molar-refractivity contribution in [3.63, 3.8) is 0 Å². The summed E-state index contributed by atoms with van der Waals surface area (Å²) >= 11 is 12.0. The van der Waals surface area contributed by atoms with Crippen LogP contribution < -0.4 is 21.7 Å². The molecule has 1 aromatic rings. The molecule has 12 heteroatoms. The number of rotatable bonds is 9. The van der Waals surface area contributed by atoms with E-state index in [0.717, 1.165) is 0 Å². The van der Waals surface area contributed by atoms with Gasteiger partial charge in [0.1, 0.15) is 6.04 Å². The van der Waals surface area contributed by atoms with Gasteiger partial charge in [-0.05, 0) is 30.0 Å². The molecule has 0 saturated carbocycles. The lowest BCUT2D eigenvalue weighted by atomic mass is 10.0. The maximum absolute atomic E-state index is 12.0. The molecular formula is C19H25Cl2N5O5. The van der Waals surface area contributed by atoms with E-state index in [4.69, 9.17) is 34.3 Å². The summed E-state index contributed by atoms with van der Waals surface area (Å²) < 4.78 is 0. The first kappa shape index (κ1) is 26.3. The Morgan fingerprint density at radius 3 is 2.16 bits per heavy atom. The molecule has 0 aromatic heterocycles. The number of nitrogens with two attached hydrogens (primary N) is 1. The van der Waals surface area contributed by atoms with E-state index in [1.165, 1.54) is 0 Å². The number of carboxylic acids is 1. The molecule has 7 N–H and O–H groups in total. The summed E-state index contributed by atoms with van der Waals surface area (Å²) in [5.74, 6) is -4.08. The number of guanidine groups is 1. The standard InChI is InChI=1S/C19H25Cl2N5O5/c1-9(2)16(22)17(29)24-13(18(30)31)6-7-14(27)25-19(23)26-15(28)8-10-11(20)4-3-5-12(10)21/h3-5,9,13,16H,6-8,22H2,1-2H3,(H,24,29)(H,30,31)(H3,23,25,26,27,28)/t13-,16+/m0/s1. The monoisotopic (exact) mass is 473 g/mol. The minimum Gasteiger partial charge on any atom is -0.480 e. The van der Waals surface area contributed by atoms with Crippen LogP contribution in [0, 0.1) is 11.3 Å². The molecule has 10 nitrogen and oxygen atoms in total. The van der Waals surface area contributed by atoms with Gasteiger partial charge in [-0.25, -0.2) is 4.79 Å². The topological polar surface area (TPSA) is 174 Å². The number of halogens is 2. The molecule has 0 unspecified atom stereocenters. The van der Waals surface area contributed by atoms with E-state index >= 15 is 0 Å². The van der Waals surface area contributed by atoms with Gasteiger partial charge in [0.05, 0.1) is 12.5 Å². The van der Waals surface area contributed by atoms with Crippen molar-refractivity contribution in [2.45, 2.75) is 45.2 Å². The Labute approximate surface area is 189 Å². The van der Waals surface area contributed by atoms with E-state index in [-0.39, 0.29) is 35.2 Å². The quantitative estimate of drug-likeness (QED) is 0.230. The number of amides is 3. The lowest BCUT2D eigenvalue weighted by molar-refractivity contribution is -0.142. The van der Waals surface area contributed by atoms with Crippen LogP contribution in [-0.2, 0) is 25.6 Å². The van der Waals surface area contributed by atoms with E-state index in [1.54, 1.807) is 32.0 Å². The molecule has 3 amide bonds. The highest BCUT2D eigenvalue weighted by Gasteiger charge is 2.25. The Bertz CT molecular complexity index is 842. The lowest BCUT2D eigenvalue weighted by Crippen LogP contribution is -2.50. The highest BCUT2D eigenvalue weighted by Crippen LogP contribution is 2.24. The van der Waals surface area contributed by atoms with Gasteiger partial charge >= 0.3 is 5.97 Å². The van der Waals surface area contributed by atoms with Crippen LogP contribution in [0.4, 0.5) is 0 Å². The van der Waals surface area contributed by atoms with Gasteiger partial charge in [-0.15, -0.1) is 0 Å². The van der Waals surface area contributed by atoms with Crippen LogP contribution in [0.1, 0.15) is 32.3 Å². The van der Waals surface area contributed by atoms with Gasteiger partial charge in [0.25, 0.3) is 0 Å². The smallest absolute Gasteiger partial charge is 0.326 e. The highest BCUT2D eigenvalue weighted by atomic mass is 35.5. The molecule has 0 spiro atoms. The van der Waals surface area contributed by atoms with Crippen LogP contribution in [0.3, 0.4) is 0 Å². The fraction of sp³-hybridized carbons (Fsp3) is 0.421. The molecule has 0 aliphatic heterocycles. The summed E-state index contributed by atoms with van der Waals surface area (Å²) in [5.41, 5.74) is 6.06. The van der Waals surface area contributed by atoms with Crippen molar-refractivity contribution in [1.29, 1.82) is 5.41 Å². The van der Waals surface area contributed by atoms with E-state index in [2.05, 4.69) is 16.0 Å². The average molecular weight is 474 g/mol. The molecule has 0 saturated heterocycles. The van der Waals surface area contributed by atoms with Gasteiger partial charge in [0, 0.05) is 16.5 Å². The van der Waals surface area contributed by atoms with Crippen LogP contribution in [0.5, 0.6) is 0 Å². The number of carboxylic acid groups (broad SMARTS) is 1. The fourth-order valence-electron chi connectivity index (χ4n) is 2.38. The molecule has 0 bridgehead atoms. The predicted molar refractivity (Wildman–Crippen MR) is 116 cm³/mol. The minimum atomic E-state index is -1.32. The van der Waals surface area contributed by atoms with Gasteiger partial charge < -0.3 is 16.2 Å². The first-order chi connectivity index (χ1) is 14.4. The average Bonchev–Trinajstić information content (AvgIpc) is 2.66. The molecule has 0 radical (unpaired) electrons. The van der Waals surface area contributed by atoms with Crippen LogP contribution in [0.15, 0.2) is 18.2 Å². The number of hydrogen-bond acceptors (Lipinski definition) is 6. The summed E-state index contributed by atoms with van der Waals surface area (Å²) in [7, 11) is 0. The lowest BCUT2D eigenvalue weighted by Gasteiger charge is -2.19. The molecule has 2 atom stereocenters. The van der Waals surface area contributed by atoms with Gasteiger partial charge in [-0.1, -0.05) is 43.1 Å². The normalized spacial score (nSPS) is 12.6. The number of nitrogens with one attached hydrogen (secondary N) is 4. The molecular weight excluding hydrogens is 449 g/mol. The zero-order valence-electron chi connectivity index (χ0n) is 17.0. The van der Waals surface area contributed by atoms with Crippen LogP contribution in [-0.4, -0.2) is 46.8 Å². The van der Waals surface area contributed by atoms with Crippen molar-refractivity contribution >= 4 is 52.9 Å². The number of aliphatic carboxylic acids is 1. The molecule has 1 aromatic carbocycles.